The maximum absolute atomic E-state index is 11.8. The van der Waals surface area contributed by atoms with Crippen LogP contribution in [0.15, 0.2) is 18.3 Å². The van der Waals surface area contributed by atoms with E-state index in [-0.39, 0.29) is 17.9 Å². The Morgan fingerprint density at radius 2 is 2.18 bits per heavy atom. The first-order valence-corrected chi connectivity index (χ1v) is 5.13. The van der Waals surface area contributed by atoms with Gasteiger partial charge < -0.3 is 15.1 Å². The Morgan fingerprint density at radius 3 is 2.76 bits per heavy atom. The predicted octanol–water partition coefficient (Wildman–Crippen LogP) is 0.724. The minimum Gasteiger partial charge on any atom is -0.505 e. The van der Waals surface area contributed by atoms with Gasteiger partial charge in [-0.2, -0.15) is 0 Å². The smallest absolute Gasteiger partial charge is 0.303 e. The van der Waals surface area contributed by atoms with Crippen LogP contribution in [0.4, 0.5) is 0 Å². The monoisotopic (exact) mass is 238 g/mol. The number of hydrogen-bond donors (Lipinski definition) is 2. The zero-order valence-corrected chi connectivity index (χ0v) is 9.46. The summed E-state index contributed by atoms with van der Waals surface area (Å²) < 4.78 is 0. The zero-order valence-electron chi connectivity index (χ0n) is 9.46. The first-order valence-electron chi connectivity index (χ1n) is 5.13. The molecule has 0 aromatic carbocycles. The molecule has 1 heterocycles. The standard InChI is InChI=1S/C11H14N2O4/c1-13(7-3-5-9(15)16)11(17)10-8(14)4-2-6-12-10/h2,4,6,14H,3,5,7H2,1H3,(H,15,16). The molecular formula is C11H14N2O4. The van der Waals surface area contributed by atoms with E-state index in [2.05, 4.69) is 4.98 Å². The van der Waals surface area contributed by atoms with Crippen LogP contribution in [0.3, 0.4) is 0 Å². The first kappa shape index (κ1) is 13.0. The average Bonchev–Trinajstić information content (AvgIpc) is 2.28. The number of aromatic hydroxyl groups is 1. The minimum atomic E-state index is -0.897. The number of amides is 1. The number of hydrogen-bond acceptors (Lipinski definition) is 4. The SMILES string of the molecule is CN(CCCC(=O)O)C(=O)c1ncccc1O. The summed E-state index contributed by atoms with van der Waals surface area (Å²) >= 11 is 0. The lowest BCUT2D eigenvalue weighted by Crippen LogP contribution is -2.28. The fourth-order valence-electron chi connectivity index (χ4n) is 1.31. The van der Waals surface area contributed by atoms with E-state index in [0.717, 1.165) is 0 Å². The summed E-state index contributed by atoms with van der Waals surface area (Å²) in [4.78, 5) is 27.2. The molecule has 0 spiro atoms. The number of pyridine rings is 1. The van der Waals surface area contributed by atoms with Crippen molar-refractivity contribution in [1.82, 2.24) is 9.88 Å². The Hall–Kier alpha value is -2.11. The molecule has 0 aliphatic carbocycles. The molecule has 0 aliphatic heterocycles. The zero-order chi connectivity index (χ0) is 12.8. The van der Waals surface area contributed by atoms with Gasteiger partial charge in [0.15, 0.2) is 5.69 Å². The van der Waals surface area contributed by atoms with Gasteiger partial charge in [-0.25, -0.2) is 4.98 Å². The Bertz CT molecular complexity index is 420. The second-order valence-electron chi connectivity index (χ2n) is 3.60. The molecule has 17 heavy (non-hydrogen) atoms. The summed E-state index contributed by atoms with van der Waals surface area (Å²) in [6.45, 7) is 0.307. The van der Waals surface area contributed by atoms with Crippen LogP contribution in [0.5, 0.6) is 5.75 Å². The molecule has 1 amide bonds. The number of carbonyl (C=O) groups excluding carboxylic acids is 1. The molecule has 92 valence electrons. The van der Waals surface area contributed by atoms with Crippen molar-refractivity contribution >= 4 is 11.9 Å². The Kier molecular flexibility index (Phi) is 4.45. The molecule has 1 aromatic rings. The summed E-state index contributed by atoms with van der Waals surface area (Å²) in [5.74, 6) is -1.50. The van der Waals surface area contributed by atoms with Crippen LogP contribution in [0.25, 0.3) is 0 Å². The van der Waals surface area contributed by atoms with Crippen molar-refractivity contribution in [3.8, 4) is 5.75 Å². The molecule has 0 unspecified atom stereocenters. The summed E-state index contributed by atoms with van der Waals surface area (Å²) in [7, 11) is 1.54. The van der Waals surface area contributed by atoms with Crippen LogP contribution in [-0.4, -0.2) is 45.6 Å². The quantitative estimate of drug-likeness (QED) is 0.788. The number of rotatable bonds is 5. The molecule has 0 radical (unpaired) electrons. The first-order chi connectivity index (χ1) is 8.02. The van der Waals surface area contributed by atoms with Crippen LogP contribution in [-0.2, 0) is 4.79 Å². The summed E-state index contributed by atoms with van der Waals surface area (Å²) in [6, 6.07) is 2.90. The highest BCUT2D eigenvalue weighted by molar-refractivity contribution is 5.94. The van der Waals surface area contributed by atoms with Crippen molar-refractivity contribution in [1.29, 1.82) is 0 Å². The van der Waals surface area contributed by atoms with E-state index in [1.807, 2.05) is 0 Å². The second kappa shape index (κ2) is 5.83. The van der Waals surface area contributed by atoms with Crippen LogP contribution in [0.1, 0.15) is 23.3 Å². The number of carbonyl (C=O) groups is 2. The van der Waals surface area contributed by atoms with E-state index in [1.54, 1.807) is 0 Å². The van der Waals surface area contributed by atoms with Crippen LogP contribution >= 0.6 is 0 Å². The van der Waals surface area contributed by atoms with Gasteiger partial charge in [0.25, 0.3) is 5.91 Å². The van der Waals surface area contributed by atoms with Crippen molar-refractivity contribution in [2.75, 3.05) is 13.6 Å². The van der Waals surface area contributed by atoms with Gasteiger partial charge in [0.05, 0.1) is 0 Å². The largest absolute Gasteiger partial charge is 0.505 e. The highest BCUT2D eigenvalue weighted by Crippen LogP contribution is 2.14. The van der Waals surface area contributed by atoms with Crippen LogP contribution < -0.4 is 0 Å². The number of carboxylic acids is 1. The van der Waals surface area contributed by atoms with Crippen molar-refractivity contribution in [2.45, 2.75) is 12.8 Å². The molecular weight excluding hydrogens is 224 g/mol. The van der Waals surface area contributed by atoms with Crippen LogP contribution in [0.2, 0.25) is 0 Å². The highest BCUT2D eigenvalue weighted by atomic mass is 16.4. The predicted molar refractivity (Wildman–Crippen MR) is 59.7 cm³/mol. The number of aromatic nitrogens is 1. The van der Waals surface area contributed by atoms with Crippen molar-refractivity contribution in [3.63, 3.8) is 0 Å². The fraction of sp³-hybridized carbons (Fsp3) is 0.364. The van der Waals surface area contributed by atoms with Gasteiger partial charge in [0.2, 0.25) is 0 Å². The molecule has 0 aliphatic rings. The lowest BCUT2D eigenvalue weighted by Gasteiger charge is -2.16. The summed E-state index contributed by atoms with van der Waals surface area (Å²) in [6.07, 6.45) is 1.79. The third-order valence-electron chi connectivity index (χ3n) is 2.22. The van der Waals surface area contributed by atoms with Crippen molar-refractivity contribution < 1.29 is 19.8 Å². The number of aliphatic carboxylic acids is 1. The van der Waals surface area contributed by atoms with Gasteiger partial charge in [-0.3, -0.25) is 9.59 Å². The molecule has 0 bridgehead atoms. The molecule has 0 atom stereocenters. The average molecular weight is 238 g/mol. The lowest BCUT2D eigenvalue weighted by atomic mass is 10.2. The maximum atomic E-state index is 11.8. The van der Waals surface area contributed by atoms with Gasteiger partial charge in [-0.05, 0) is 18.6 Å². The van der Waals surface area contributed by atoms with E-state index in [0.29, 0.717) is 13.0 Å². The lowest BCUT2D eigenvalue weighted by molar-refractivity contribution is -0.137. The Labute approximate surface area is 98.5 Å². The van der Waals surface area contributed by atoms with Gasteiger partial charge >= 0.3 is 5.97 Å². The molecule has 1 aromatic heterocycles. The third kappa shape index (κ3) is 3.75. The molecule has 2 N–H and O–H groups in total. The molecule has 6 heteroatoms. The number of nitrogens with zero attached hydrogens (tertiary/aromatic N) is 2. The van der Waals surface area contributed by atoms with E-state index < -0.39 is 11.9 Å². The van der Waals surface area contributed by atoms with E-state index in [1.165, 1.54) is 30.3 Å². The van der Waals surface area contributed by atoms with Crippen molar-refractivity contribution in [3.05, 3.63) is 24.0 Å². The number of carboxylic acid groups (broad SMARTS) is 1. The second-order valence-corrected chi connectivity index (χ2v) is 3.60. The normalized spacial score (nSPS) is 9.94. The highest BCUT2D eigenvalue weighted by Gasteiger charge is 2.16. The van der Waals surface area contributed by atoms with Gasteiger partial charge in [-0.15, -0.1) is 0 Å². The maximum Gasteiger partial charge on any atom is 0.303 e. The summed E-state index contributed by atoms with van der Waals surface area (Å²) in [5, 5.41) is 17.9. The molecule has 0 fully saturated rings. The molecule has 6 nitrogen and oxygen atoms in total. The fourth-order valence-corrected chi connectivity index (χ4v) is 1.31. The van der Waals surface area contributed by atoms with E-state index in [9.17, 15) is 14.7 Å². The summed E-state index contributed by atoms with van der Waals surface area (Å²) in [5.41, 5.74) is -0.0228. The topological polar surface area (TPSA) is 90.7 Å². The van der Waals surface area contributed by atoms with Crippen LogP contribution in [0, 0.1) is 0 Å². The van der Waals surface area contributed by atoms with Gasteiger partial charge in [0, 0.05) is 26.2 Å². The molecule has 1 rings (SSSR count). The van der Waals surface area contributed by atoms with Crippen molar-refractivity contribution in [2.24, 2.45) is 0 Å². The molecule has 0 saturated heterocycles. The van der Waals surface area contributed by atoms with E-state index >= 15 is 0 Å². The Balaban J connectivity index is 2.58. The van der Waals surface area contributed by atoms with Gasteiger partial charge in [-0.1, -0.05) is 0 Å². The Morgan fingerprint density at radius 1 is 1.47 bits per heavy atom. The van der Waals surface area contributed by atoms with Gasteiger partial charge in [0.1, 0.15) is 5.75 Å². The third-order valence-corrected chi connectivity index (χ3v) is 2.22. The minimum absolute atomic E-state index is 0.00577. The molecule has 0 saturated carbocycles. The van der Waals surface area contributed by atoms with E-state index in [4.69, 9.17) is 5.11 Å².